The molecule has 1 heterocycles. The lowest BCUT2D eigenvalue weighted by Gasteiger charge is -2.02. The van der Waals surface area contributed by atoms with Crippen molar-refractivity contribution >= 4 is 22.5 Å². The van der Waals surface area contributed by atoms with Gasteiger partial charge in [-0.05, 0) is 24.5 Å². The van der Waals surface area contributed by atoms with Crippen molar-refractivity contribution in [1.82, 2.24) is 4.98 Å². The second-order valence-electron chi connectivity index (χ2n) is 3.41. The second-order valence-corrected chi connectivity index (χ2v) is 3.41. The van der Waals surface area contributed by atoms with E-state index in [1.807, 2.05) is 30.3 Å². The molecule has 2 rings (SSSR count). The highest BCUT2D eigenvalue weighted by Crippen LogP contribution is 2.15. The van der Waals surface area contributed by atoms with E-state index < -0.39 is 0 Å². The first kappa shape index (κ1) is 10.4. The van der Waals surface area contributed by atoms with E-state index in [4.69, 9.17) is 0 Å². The smallest absolute Gasteiger partial charge is 0.249 e. The minimum absolute atomic E-state index is 0.162. The van der Waals surface area contributed by atoms with Crippen molar-refractivity contribution in [3.63, 3.8) is 0 Å². The van der Waals surface area contributed by atoms with Crippen LogP contribution in [0.3, 0.4) is 0 Å². The molecule has 0 unspecified atom stereocenters. The standard InChI is InChI=1S/C13H12N2O/c1-2-5-13(16)15-12-8-10-6-3-4-7-11(10)9-14-12/h2-9H,1H3,(H,14,15,16)/b5-2+. The maximum absolute atomic E-state index is 11.3. The fourth-order valence-corrected chi connectivity index (χ4v) is 1.47. The van der Waals surface area contributed by atoms with Crippen molar-refractivity contribution in [3.8, 4) is 0 Å². The molecule has 1 aromatic heterocycles. The third-order valence-corrected chi connectivity index (χ3v) is 2.20. The largest absolute Gasteiger partial charge is 0.307 e. The Labute approximate surface area is 93.8 Å². The number of carbonyl (C=O) groups is 1. The topological polar surface area (TPSA) is 42.0 Å². The predicted octanol–water partition coefficient (Wildman–Crippen LogP) is 2.75. The number of fused-ring (bicyclic) bond motifs is 1. The highest BCUT2D eigenvalue weighted by Gasteiger charge is 1.99. The van der Waals surface area contributed by atoms with Gasteiger partial charge in [0.15, 0.2) is 0 Å². The van der Waals surface area contributed by atoms with Crippen molar-refractivity contribution in [2.24, 2.45) is 0 Å². The van der Waals surface area contributed by atoms with Crippen LogP contribution in [-0.4, -0.2) is 10.9 Å². The number of aromatic nitrogens is 1. The molecular formula is C13H12N2O. The molecule has 0 saturated carbocycles. The molecule has 1 N–H and O–H groups in total. The van der Waals surface area contributed by atoms with Crippen molar-refractivity contribution in [3.05, 3.63) is 48.7 Å². The van der Waals surface area contributed by atoms with Crippen LogP contribution in [-0.2, 0) is 4.79 Å². The number of carbonyl (C=O) groups excluding carboxylic acids is 1. The van der Waals surface area contributed by atoms with Crippen LogP contribution in [0.5, 0.6) is 0 Å². The molecule has 0 aliphatic heterocycles. The number of anilines is 1. The highest BCUT2D eigenvalue weighted by molar-refractivity contribution is 5.99. The third-order valence-electron chi connectivity index (χ3n) is 2.20. The average molecular weight is 212 g/mol. The van der Waals surface area contributed by atoms with Gasteiger partial charge in [0.25, 0.3) is 0 Å². The van der Waals surface area contributed by atoms with E-state index in [1.54, 1.807) is 19.2 Å². The molecule has 0 aliphatic carbocycles. The van der Waals surface area contributed by atoms with Gasteiger partial charge >= 0.3 is 0 Å². The first-order chi connectivity index (χ1) is 7.79. The molecular weight excluding hydrogens is 200 g/mol. The van der Waals surface area contributed by atoms with Gasteiger partial charge in [-0.2, -0.15) is 0 Å². The van der Waals surface area contributed by atoms with Crippen LogP contribution < -0.4 is 5.32 Å². The molecule has 2 aromatic rings. The Kier molecular flexibility index (Phi) is 2.96. The number of hydrogen-bond acceptors (Lipinski definition) is 2. The summed E-state index contributed by atoms with van der Waals surface area (Å²) in [5.74, 6) is 0.409. The van der Waals surface area contributed by atoms with Crippen LogP contribution in [0.25, 0.3) is 10.8 Å². The molecule has 0 saturated heterocycles. The second kappa shape index (κ2) is 4.57. The lowest BCUT2D eigenvalue weighted by molar-refractivity contribution is -0.111. The molecule has 16 heavy (non-hydrogen) atoms. The number of hydrogen-bond donors (Lipinski definition) is 1. The average Bonchev–Trinajstić information content (AvgIpc) is 2.29. The maximum Gasteiger partial charge on any atom is 0.249 e. The van der Waals surface area contributed by atoms with Crippen LogP contribution in [0.15, 0.2) is 48.7 Å². The zero-order valence-electron chi connectivity index (χ0n) is 8.97. The van der Waals surface area contributed by atoms with E-state index in [-0.39, 0.29) is 5.91 Å². The van der Waals surface area contributed by atoms with Gasteiger partial charge in [0, 0.05) is 11.6 Å². The van der Waals surface area contributed by atoms with Crippen molar-refractivity contribution < 1.29 is 4.79 Å². The summed E-state index contributed by atoms with van der Waals surface area (Å²) >= 11 is 0. The van der Waals surface area contributed by atoms with E-state index in [2.05, 4.69) is 10.3 Å². The number of allylic oxidation sites excluding steroid dienone is 1. The van der Waals surface area contributed by atoms with Gasteiger partial charge in [0.2, 0.25) is 5.91 Å². The Balaban J connectivity index is 2.29. The predicted molar refractivity (Wildman–Crippen MR) is 65.2 cm³/mol. The van der Waals surface area contributed by atoms with Gasteiger partial charge in [0.1, 0.15) is 5.82 Å². The lowest BCUT2D eigenvalue weighted by atomic mass is 10.2. The van der Waals surface area contributed by atoms with E-state index >= 15 is 0 Å². The summed E-state index contributed by atoms with van der Waals surface area (Å²) in [5, 5.41) is 4.82. The first-order valence-corrected chi connectivity index (χ1v) is 5.08. The summed E-state index contributed by atoms with van der Waals surface area (Å²) in [7, 11) is 0. The van der Waals surface area contributed by atoms with E-state index in [0.29, 0.717) is 5.82 Å². The molecule has 0 radical (unpaired) electrons. The summed E-state index contributed by atoms with van der Waals surface area (Å²) < 4.78 is 0. The van der Waals surface area contributed by atoms with E-state index in [1.165, 1.54) is 6.08 Å². The van der Waals surface area contributed by atoms with Gasteiger partial charge in [-0.25, -0.2) is 4.98 Å². The molecule has 3 nitrogen and oxygen atoms in total. The Morgan fingerprint density at radius 3 is 2.81 bits per heavy atom. The SMILES string of the molecule is C/C=C/C(=O)Nc1cc2ccccc2cn1. The van der Waals surface area contributed by atoms with Gasteiger partial charge < -0.3 is 5.32 Å². The number of pyridine rings is 1. The molecule has 3 heteroatoms. The molecule has 0 spiro atoms. The molecule has 0 fully saturated rings. The number of nitrogens with one attached hydrogen (secondary N) is 1. The molecule has 1 aromatic carbocycles. The zero-order chi connectivity index (χ0) is 11.4. The van der Waals surface area contributed by atoms with Crippen molar-refractivity contribution in [2.45, 2.75) is 6.92 Å². The molecule has 80 valence electrons. The summed E-state index contributed by atoms with van der Waals surface area (Å²) in [6, 6.07) is 9.75. The summed E-state index contributed by atoms with van der Waals surface area (Å²) in [5.41, 5.74) is 0. The lowest BCUT2D eigenvalue weighted by Crippen LogP contribution is -2.08. The number of benzene rings is 1. The quantitative estimate of drug-likeness (QED) is 0.778. The van der Waals surface area contributed by atoms with Gasteiger partial charge in [-0.1, -0.05) is 30.3 Å². The number of amides is 1. The Hall–Kier alpha value is -2.16. The van der Waals surface area contributed by atoms with Gasteiger partial charge in [-0.3, -0.25) is 4.79 Å². The van der Waals surface area contributed by atoms with E-state index in [0.717, 1.165) is 10.8 Å². The van der Waals surface area contributed by atoms with Crippen LogP contribution in [0.2, 0.25) is 0 Å². The number of rotatable bonds is 2. The molecule has 1 amide bonds. The van der Waals surface area contributed by atoms with Crippen LogP contribution in [0, 0.1) is 0 Å². The van der Waals surface area contributed by atoms with Crippen LogP contribution in [0.4, 0.5) is 5.82 Å². The normalized spacial score (nSPS) is 10.8. The summed E-state index contributed by atoms with van der Waals surface area (Å²) in [4.78, 5) is 15.5. The molecule has 0 atom stereocenters. The van der Waals surface area contributed by atoms with Crippen LogP contribution in [0.1, 0.15) is 6.92 Å². The Bertz CT molecular complexity index is 546. The first-order valence-electron chi connectivity index (χ1n) is 5.08. The van der Waals surface area contributed by atoms with Crippen molar-refractivity contribution in [1.29, 1.82) is 0 Å². The summed E-state index contributed by atoms with van der Waals surface area (Å²) in [6.45, 7) is 1.80. The zero-order valence-corrected chi connectivity index (χ0v) is 8.97. The minimum atomic E-state index is -0.162. The minimum Gasteiger partial charge on any atom is -0.307 e. The van der Waals surface area contributed by atoms with Crippen LogP contribution >= 0.6 is 0 Å². The molecule has 0 bridgehead atoms. The molecule has 0 aliphatic rings. The third kappa shape index (κ3) is 2.25. The fourth-order valence-electron chi connectivity index (χ4n) is 1.47. The summed E-state index contributed by atoms with van der Waals surface area (Å²) in [6.07, 6.45) is 4.91. The van der Waals surface area contributed by atoms with Gasteiger partial charge in [0.05, 0.1) is 0 Å². The Morgan fingerprint density at radius 2 is 2.06 bits per heavy atom. The van der Waals surface area contributed by atoms with Crippen molar-refractivity contribution in [2.75, 3.05) is 5.32 Å². The highest BCUT2D eigenvalue weighted by atomic mass is 16.1. The Morgan fingerprint density at radius 1 is 1.31 bits per heavy atom. The maximum atomic E-state index is 11.3. The van der Waals surface area contributed by atoms with E-state index in [9.17, 15) is 4.79 Å². The fraction of sp³-hybridized carbons (Fsp3) is 0.0769. The van der Waals surface area contributed by atoms with Gasteiger partial charge in [-0.15, -0.1) is 0 Å². The number of nitrogens with zero attached hydrogens (tertiary/aromatic N) is 1. The monoisotopic (exact) mass is 212 g/mol.